The van der Waals surface area contributed by atoms with Gasteiger partial charge in [0.25, 0.3) is 5.91 Å². The fourth-order valence-corrected chi connectivity index (χ4v) is 4.25. The zero-order valence-electron chi connectivity index (χ0n) is 21.5. The van der Waals surface area contributed by atoms with Gasteiger partial charge in [-0.05, 0) is 61.6 Å². The van der Waals surface area contributed by atoms with Crippen LogP contribution in [-0.4, -0.2) is 35.9 Å². The van der Waals surface area contributed by atoms with Gasteiger partial charge in [-0.1, -0.05) is 78.7 Å². The Morgan fingerprint density at radius 3 is 2.25 bits per heavy atom. The van der Waals surface area contributed by atoms with E-state index >= 15 is 0 Å². The lowest BCUT2D eigenvalue weighted by Gasteiger charge is -2.31. The predicted octanol–water partition coefficient (Wildman–Crippen LogP) is 5.81. The normalized spacial score (nSPS) is 11.6. The lowest BCUT2D eigenvalue weighted by atomic mass is 10.0. The largest absolute Gasteiger partial charge is 0.484 e. The highest BCUT2D eigenvalue weighted by Crippen LogP contribution is 2.26. The van der Waals surface area contributed by atoms with Crippen molar-refractivity contribution in [1.82, 2.24) is 10.2 Å². The summed E-state index contributed by atoms with van der Waals surface area (Å²) >= 11 is 6.29. The van der Waals surface area contributed by atoms with Crippen LogP contribution >= 0.6 is 11.6 Å². The number of amides is 2. The molecule has 3 aromatic carbocycles. The Hall–Kier alpha value is -3.31. The average molecular weight is 507 g/mol. The Morgan fingerprint density at radius 2 is 1.61 bits per heavy atom. The Bertz CT molecular complexity index is 1160. The number of nitrogens with one attached hydrogen (secondary N) is 1. The Morgan fingerprint density at radius 1 is 0.944 bits per heavy atom. The van der Waals surface area contributed by atoms with E-state index in [1.807, 2.05) is 94.4 Å². The van der Waals surface area contributed by atoms with Gasteiger partial charge in [0.1, 0.15) is 11.8 Å². The first-order valence-electron chi connectivity index (χ1n) is 12.3. The molecule has 0 aliphatic rings. The fourth-order valence-electron chi connectivity index (χ4n) is 4.14. The van der Waals surface area contributed by atoms with E-state index in [2.05, 4.69) is 5.32 Å². The monoisotopic (exact) mass is 506 g/mol. The van der Waals surface area contributed by atoms with Crippen molar-refractivity contribution in [2.75, 3.05) is 13.2 Å². The average Bonchev–Trinajstić information content (AvgIpc) is 2.87. The molecule has 2 amide bonds. The maximum Gasteiger partial charge on any atom is 0.261 e. The lowest BCUT2D eigenvalue weighted by Crippen LogP contribution is -2.51. The lowest BCUT2D eigenvalue weighted by molar-refractivity contribution is -0.142. The van der Waals surface area contributed by atoms with Crippen molar-refractivity contribution in [1.29, 1.82) is 0 Å². The second-order valence-electron chi connectivity index (χ2n) is 9.17. The van der Waals surface area contributed by atoms with Crippen LogP contribution in [0.25, 0.3) is 0 Å². The minimum Gasteiger partial charge on any atom is -0.484 e. The zero-order valence-corrected chi connectivity index (χ0v) is 22.3. The first-order chi connectivity index (χ1) is 17.3. The first kappa shape index (κ1) is 27.3. The van der Waals surface area contributed by atoms with Gasteiger partial charge in [-0.25, -0.2) is 0 Å². The third-order valence-electron chi connectivity index (χ3n) is 6.03. The van der Waals surface area contributed by atoms with Crippen LogP contribution in [0.4, 0.5) is 0 Å². The number of nitrogens with zero attached hydrogens (tertiary/aromatic N) is 1. The van der Waals surface area contributed by atoms with Gasteiger partial charge in [-0.2, -0.15) is 0 Å². The molecule has 5 nitrogen and oxygen atoms in total. The molecule has 0 bridgehead atoms. The molecular weight excluding hydrogens is 472 g/mol. The Labute approximate surface area is 219 Å². The molecule has 6 heteroatoms. The van der Waals surface area contributed by atoms with Gasteiger partial charge in [-0.15, -0.1) is 0 Å². The van der Waals surface area contributed by atoms with Gasteiger partial charge in [0.2, 0.25) is 5.91 Å². The van der Waals surface area contributed by atoms with Crippen LogP contribution in [0.3, 0.4) is 0 Å². The molecule has 0 unspecified atom stereocenters. The second kappa shape index (κ2) is 13.1. The molecule has 190 valence electrons. The van der Waals surface area contributed by atoms with Gasteiger partial charge < -0.3 is 15.0 Å². The van der Waals surface area contributed by atoms with E-state index < -0.39 is 6.04 Å². The molecule has 36 heavy (non-hydrogen) atoms. The number of hydrogen-bond donors (Lipinski definition) is 1. The fraction of sp³-hybridized carbons (Fsp3) is 0.333. The van der Waals surface area contributed by atoms with Crippen LogP contribution in [0, 0.1) is 20.8 Å². The summed E-state index contributed by atoms with van der Waals surface area (Å²) in [6.45, 7) is 8.50. The maximum atomic E-state index is 13.6. The molecule has 1 N–H and O–H groups in total. The smallest absolute Gasteiger partial charge is 0.261 e. The third kappa shape index (κ3) is 7.59. The summed E-state index contributed by atoms with van der Waals surface area (Å²) in [5, 5.41) is 3.68. The van der Waals surface area contributed by atoms with Crippen LogP contribution in [0.15, 0.2) is 66.7 Å². The molecular formula is C30H35ClN2O3. The molecule has 0 heterocycles. The van der Waals surface area contributed by atoms with Crippen molar-refractivity contribution in [2.45, 2.75) is 53.1 Å². The van der Waals surface area contributed by atoms with E-state index in [0.717, 1.165) is 34.2 Å². The van der Waals surface area contributed by atoms with Gasteiger partial charge in [0.05, 0.1) is 0 Å². The number of ether oxygens (including phenoxy) is 1. The van der Waals surface area contributed by atoms with Crippen molar-refractivity contribution < 1.29 is 14.3 Å². The molecule has 0 aromatic heterocycles. The molecule has 0 spiro atoms. The Balaban J connectivity index is 1.91. The second-order valence-corrected chi connectivity index (χ2v) is 9.54. The van der Waals surface area contributed by atoms with Gasteiger partial charge in [-0.3, -0.25) is 9.59 Å². The molecule has 1 atom stereocenters. The van der Waals surface area contributed by atoms with Gasteiger partial charge in [0, 0.05) is 24.5 Å². The van der Waals surface area contributed by atoms with E-state index in [1.54, 1.807) is 4.90 Å². The van der Waals surface area contributed by atoms with E-state index in [4.69, 9.17) is 16.3 Å². The number of aryl methyl sites for hydroxylation is 3. The van der Waals surface area contributed by atoms with E-state index in [-0.39, 0.29) is 18.4 Å². The minimum atomic E-state index is -0.677. The van der Waals surface area contributed by atoms with E-state index in [9.17, 15) is 9.59 Å². The number of halogens is 1. The first-order valence-corrected chi connectivity index (χ1v) is 12.7. The maximum absolute atomic E-state index is 13.6. The molecule has 0 radical (unpaired) electrons. The van der Waals surface area contributed by atoms with Crippen molar-refractivity contribution in [3.63, 3.8) is 0 Å². The SMILES string of the molecule is CCCNC(=O)[C@@H](Cc1ccccc1)N(Cc1cccc(C)c1)C(=O)COc1cc(C)c(Cl)c(C)c1. The van der Waals surface area contributed by atoms with E-state index in [0.29, 0.717) is 30.3 Å². The van der Waals surface area contributed by atoms with Crippen molar-refractivity contribution in [3.05, 3.63) is 99.6 Å². The summed E-state index contributed by atoms with van der Waals surface area (Å²) in [7, 11) is 0. The molecule has 0 fully saturated rings. The number of rotatable bonds is 11. The molecule has 0 aliphatic heterocycles. The number of carbonyl (C=O) groups excluding carboxylic acids is 2. The molecule has 0 saturated carbocycles. The summed E-state index contributed by atoms with van der Waals surface area (Å²) in [5.74, 6) is 0.155. The van der Waals surface area contributed by atoms with Gasteiger partial charge in [0.15, 0.2) is 6.61 Å². The van der Waals surface area contributed by atoms with Crippen molar-refractivity contribution >= 4 is 23.4 Å². The summed E-state index contributed by atoms with van der Waals surface area (Å²) in [6, 6.07) is 20.7. The highest BCUT2D eigenvalue weighted by molar-refractivity contribution is 6.32. The zero-order chi connectivity index (χ0) is 26.1. The summed E-state index contributed by atoms with van der Waals surface area (Å²) in [5.41, 5.74) is 4.82. The summed E-state index contributed by atoms with van der Waals surface area (Å²) in [4.78, 5) is 28.6. The van der Waals surface area contributed by atoms with Gasteiger partial charge >= 0.3 is 0 Å². The molecule has 3 aromatic rings. The van der Waals surface area contributed by atoms with Crippen LogP contribution in [-0.2, 0) is 22.6 Å². The standard InChI is InChI=1S/C30H35ClN2O3/c1-5-14-32-30(35)27(18-24-11-7-6-8-12-24)33(19-25-13-9-10-21(2)15-25)28(34)20-36-26-16-22(3)29(31)23(4)17-26/h6-13,15-17,27H,5,14,18-20H2,1-4H3,(H,32,35)/t27-/m1/s1. The van der Waals surface area contributed by atoms with Crippen LogP contribution in [0.2, 0.25) is 5.02 Å². The number of benzene rings is 3. The summed E-state index contributed by atoms with van der Waals surface area (Å²) < 4.78 is 5.91. The quantitative estimate of drug-likeness (QED) is 0.357. The topological polar surface area (TPSA) is 58.6 Å². The molecule has 0 saturated heterocycles. The van der Waals surface area contributed by atoms with E-state index in [1.165, 1.54) is 0 Å². The molecule has 0 aliphatic carbocycles. The van der Waals surface area contributed by atoms with Crippen LogP contribution in [0.1, 0.15) is 41.2 Å². The van der Waals surface area contributed by atoms with Crippen LogP contribution < -0.4 is 10.1 Å². The Kier molecular flexibility index (Phi) is 9.95. The highest BCUT2D eigenvalue weighted by Gasteiger charge is 2.30. The van der Waals surface area contributed by atoms with Crippen molar-refractivity contribution in [2.24, 2.45) is 0 Å². The summed E-state index contributed by atoms with van der Waals surface area (Å²) in [6.07, 6.45) is 1.22. The third-order valence-corrected chi connectivity index (χ3v) is 6.62. The number of hydrogen-bond acceptors (Lipinski definition) is 3. The van der Waals surface area contributed by atoms with Crippen LogP contribution in [0.5, 0.6) is 5.75 Å². The minimum absolute atomic E-state index is 0.167. The number of carbonyl (C=O) groups is 2. The highest BCUT2D eigenvalue weighted by atomic mass is 35.5. The predicted molar refractivity (Wildman–Crippen MR) is 145 cm³/mol. The molecule has 3 rings (SSSR count). The van der Waals surface area contributed by atoms with Crippen molar-refractivity contribution in [3.8, 4) is 5.75 Å².